The number of alkyl halides is 2. The van der Waals surface area contributed by atoms with Gasteiger partial charge in [0.1, 0.15) is 12.2 Å². The Morgan fingerprint density at radius 2 is 1.93 bits per heavy atom. The fourth-order valence-corrected chi connectivity index (χ4v) is 5.03. The number of carbonyl (C=O) groups excluding carboxylic acids is 1. The van der Waals surface area contributed by atoms with Crippen molar-refractivity contribution in [3.63, 3.8) is 0 Å². The largest absolute Gasteiger partial charge is 0.348 e. The first-order chi connectivity index (χ1) is 14.4. The molecule has 2 aromatic heterocycles. The lowest BCUT2D eigenvalue weighted by molar-refractivity contribution is -0.0197. The number of fused-ring (bicyclic) bond motifs is 1. The Labute approximate surface area is 170 Å². The predicted molar refractivity (Wildman–Crippen MR) is 105 cm³/mol. The number of nitrogens with one attached hydrogen (secondary N) is 2. The minimum Gasteiger partial charge on any atom is -0.348 e. The van der Waals surface area contributed by atoms with Crippen LogP contribution in [-0.4, -0.2) is 38.4 Å². The molecule has 0 saturated heterocycles. The van der Waals surface area contributed by atoms with Crippen molar-refractivity contribution in [3.8, 4) is 0 Å². The summed E-state index contributed by atoms with van der Waals surface area (Å²) in [7, 11) is 0. The highest BCUT2D eigenvalue weighted by Crippen LogP contribution is 2.62. The van der Waals surface area contributed by atoms with E-state index in [-0.39, 0.29) is 28.6 Å². The highest BCUT2D eigenvalue weighted by Gasteiger charge is 2.54. The Morgan fingerprint density at radius 3 is 2.67 bits per heavy atom. The van der Waals surface area contributed by atoms with Crippen LogP contribution >= 0.6 is 0 Å². The van der Waals surface area contributed by atoms with E-state index >= 15 is 0 Å². The zero-order chi connectivity index (χ0) is 20.9. The third-order valence-corrected chi connectivity index (χ3v) is 6.36. The van der Waals surface area contributed by atoms with Gasteiger partial charge in [0, 0.05) is 23.5 Å². The quantitative estimate of drug-likeness (QED) is 0.673. The van der Waals surface area contributed by atoms with Crippen LogP contribution in [0.15, 0.2) is 41.3 Å². The van der Waals surface area contributed by atoms with Gasteiger partial charge in [-0.15, -0.1) is 0 Å². The summed E-state index contributed by atoms with van der Waals surface area (Å²) in [5, 5.41) is 15.3. The van der Waals surface area contributed by atoms with Crippen molar-refractivity contribution >= 4 is 16.7 Å². The molecule has 0 bridgehead atoms. The number of rotatable bonds is 5. The van der Waals surface area contributed by atoms with Crippen LogP contribution in [0.25, 0.3) is 10.8 Å². The molecule has 2 aliphatic rings. The Hall–Kier alpha value is -3.10. The molecule has 7 nitrogen and oxygen atoms in total. The van der Waals surface area contributed by atoms with E-state index in [1.807, 2.05) is 24.3 Å². The Morgan fingerprint density at radius 1 is 1.20 bits per heavy atom. The summed E-state index contributed by atoms with van der Waals surface area (Å²) < 4.78 is 25.9. The monoisotopic (exact) mass is 413 g/mol. The van der Waals surface area contributed by atoms with Crippen molar-refractivity contribution in [1.82, 2.24) is 25.3 Å². The summed E-state index contributed by atoms with van der Waals surface area (Å²) >= 11 is 0. The summed E-state index contributed by atoms with van der Waals surface area (Å²) in [6.45, 7) is -0.519. The lowest BCUT2D eigenvalue weighted by atomic mass is 9.49. The van der Waals surface area contributed by atoms with Gasteiger partial charge in [-0.3, -0.25) is 14.3 Å². The van der Waals surface area contributed by atoms with Gasteiger partial charge in [0.2, 0.25) is 0 Å². The number of carbonyl (C=O) groups is 1. The SMILES string of the molecule is O=C(NC1CC2(C1)CC(c1n[nH]c(=O)c3ccccc13)C2)c1ccn(CC(F)F)n1. The number of benzene rings is 1. The van der Waals surface area contributed by atoms with Crippen LogP contribution in [0.5, 0.6) is 0 Å². The van der Waals surface area contributed by atoms with Crippen molar-refractivity contribution in [2.45, 2.75) is 50.6 Å². The molecule has 3 aromatic rings. The van der Waals surface area contributed by atoms with Crippen LogP contribution in [0.1, 0.15) is 47.8 Å². The average Bonchev–Trinajstić information content (AvgIpc) is 3.11. The third kappa shape index (κ3) is 3.28. The van der Waals surface area contributed by atoms with Crippen LogP contribution in [0.2, 0.25) is 0 Å². The molecule has 9 heteroatoms. The Kier molecular flexibility index (Phi) is 4.41. The summed E-state index contributed by atoms with van der Waals surface area (Å²) in [5.41, 5.74) is 1.13. The first-order valence-electron chi connectivity index (χ1n) is 10.0. The topological polar surface area (TPSA) is 92.7 Å². The minimum atomic E-state index is -2.51. The number of nitrogens with zero attached hydrogens (tertiary/aromatic N) is 3. The van der Waals surface area contributed by atoms with Gasteiger partial charge >= 0.3 is 0 Å². The van der Waals surface area contributed by atoms with E-state index in [1.54, 1.807) is 0 Å². The summed E-state index contributed by atoms with van der Waals surface area (Å²) in [5.74, 6) is -0.0273. The average molecular weight is 413 g/mol. The van der Waals surface area contributed by atoms with Crippen molar-refractivity contribution < 1.29 is 13.6 Å². The maximum Gasteiger partial charge on any atom is 0.272 e. The second kappa shape index (κ2) is 7.00. The molecule has 5 rings (SSSR count). The third-order valence-electron chi connectivity index (χ3n) is 6.36. The van der Waals surface area contributed by atoms with Crippen LogP contribution in [0, 0.1) is 5.41 Å². The molecule has 1 amide bonds. The summed E-state index contributed by atoms with van der Waals surface area (Å²) in [4.78, 5) is 24.3. The number of hydrogen-bond donors (Lipinski definition) is 2. The van der Waals surface area contributed by atoms with E-state index in [4.69, 9.17) is 0 Å². The zero-order valence-electron chi connectivity index (χ0n) is 16.1. The van der Waals surface area contributed by atoms with Crippen molar-refractivity contribution in [2.24, 2.45) is 5.41 Å². The zero-order valence-corrected chi connectivity index (χ0v) is 16.1. The second-order valence-electron chi connectivity index (χ2n) is 8.48. The summed E-state index contributed by atoms with van der Waals surface area (Å²) in [6, 6.07) is 9.04. The molecule has 1 spiro atoms. The molecule has 0 unspecified atom stereocenters. The lowest BCUT2D eigenvalue weighted by Gasteiger charge is -2.57. The molecule has 156 valence electrons. The van der Waals surface area contributed by atoms with E-state index in [1.165, 1.54) is 12.3 Å². The molecule has 0 aliphatic heterocycles. The number of aromatic amines is 1. The number of amides is 1. The second-order valence-corrected chi connectivity index (χ2v) is 8.48. The van der Waals surface area contributed by atoms with Crippen LogP contribution in [0.3, 0.4) is 0 Å². The smallest absolute Gasteiger partial charge is 0.272 e. The normalized spacial score (nSPS) is 25.3. The number of halogens is 2. The molecule has 2 fully saturated rings. The minimum absolute atomic E-state index is 0.0685. The molecule has 2 heterocycles. The molecule has 2 aliphatic carbocycles. The number of hydrogen-bond acceptors (Lipinski definition) is 4. The van der Waals surface area contributed by atoms with Gasteiger partial charge in [0.25, 0.3) is 17.9 Å². The van der Waals surface area contributed by atoms with Gasteiger partial charge < -0.3 is 5.32 Å². The summed E-state index contributed by atoms with van der Waals surface area (Å²) in [6.07, 6.45) is 2.61. The molecule has 30 heavy (non-hydrogen) atoms. The van der Waals surface area contributed by atoms with Crippen molar-refractivity contribution in [3.05, 3.63) is 58.3 Å². The first kappa shape index (κ1) is 18.9. The molecular formula is C21H21F2N5O2. The van der Waals surface area contributed by atoms with E-state index in [0.717, 1.165) is 41.4 Å². The predicted octanol–water partition coefficient (Wildman–Crippen LogP) is 2.84. The fraction of sp³-hybridized carbons (Fsp3) is 0.429. The van der Waals surface area contributed by atoms with Gasteiger partial charge in [-0.05, 0) is 43.2 Å². The molecule has 2 N–H and O–H groups in total. The Bertz CT molecular complexity index is 1160. The van der Waals surface area contributed by atoms with E-state index < -0.39 is 13.0 Å². The Balaban J connectivity index is 1.18. The van der Waals surface area contributed by atoms with Crippen molar-refractivity contribution in [2.75, 3.05) is 0 Å². The maximum absolute atomic E-state index is 12.4. The van der Waals surface area contributed by atoms with Gasteiger partial charge in [-0.25, -0.2) is 13.9 Å². The molecule has 0 atom stereocenters. The van der Waals surface area contributed by atoms with Gasteiger partial charge in [0.15, 0.2) is 0 Å². The van der Waals surface area contributed by atoms with Gasteiger partial charge in [0.05, 0.1) is 11.1 Å². The highest BCUT2D eigenvalue weighted by molar-refractivity contribution is 5.92. The standard InChI is InChI=1S/C21H21F2N5O2/c22-17(23)11-28-6-5-16(27-28)20(30)24-13-9-21(10-13)7-12(8-21)18-14-3-1-2-4-15(14)19(29)26-25-18/h1-6,12-13,17H,7-11H2,(H,24,30)(H,26,29). The molecule has 2 saturated carbocycles. The molecule has 1 aromatic carbocycles. The first-order valence-corrected chi connectivity index (χ1v) is 10.0. The lowest BCUT2D eigenvalue weighted by Crippen LogP contribution is -2.55. The van der Waals surface area contributed by atoms with Gasteiger partial charge in [-0.1, -0.05) is 18.2 Å². The van der Waals surface area contributed by atoms with Crippen LogP contribution in [0.4, 0.5) is 8.78 Å². The van der Waals surface area contributed by atoms with Crippen molar-refractivity contribution in [1.29, 1.82) is 0 Å². The molecular weight excluding hydrogens is 392 g/mol. The van der Waals surface area contributed by atoms with Crippen LogP contribution < -0.4 is 10.9 Å². The molecule has 0 radical (unpaired) electrons. The maximum atomic E-state index is 12.4. The van der Waals surface area contributed by atoms with E-state index in [9.17, 15) is 18.4 Å². The van der Waals surface area contributed by atoms with Gasteiger partial charge in [-0.2, -0.15) is 10.2 Å². The van der Waals surface area contributed by atoms with E-state index in [2.05, 4.69) is 20.6 Å². The van der Waals surface area contributed by atoms with Crippen LogP contribution in [-0.2, 0) is 6.54 Å². The highest BCUT2D eigenvalue weighted by atomic mass is 19.3. The number of aromatic nitrogens is 4. The number of H-pyrrole nitrogens is 1. The fourth-order valence-electron chi connectivity index (χ4n) is 5.03. The van der Waals surface area contributed by atoms with E-state index in [0.29, 0.717) is 11.3 Å².